The van der Waals surface area contributed by atoms with Gasteiger partial charge in [0.1, 0.15) is 16.8 Å². The van der Waals surface area contributed by atoms with Crippen molar-refractivity contribution in [3.8, 4) is 5.75 Å². The van der Waals surface area contributed by atoms with Crippen molar-refractivity contribution in [3.63, 3.8) is 0 Å². The van der Waals surface area contributed by atoms with Crippen LogP contribution >= 0.6 is 23.4 Å². The predicted octanol–water partition coefficient (Wildman–Crippen LogP) is 6.15. The van der Waals surface area contributed by atoms with Crippen LogP contribution in [0.5, 0.6) is 5.75 Å². The van der Waals surface area contributed by atoms with Crippen LogP contribution in [0.4, 0.5) is 0 Å². The van der Waals surface area contributed by atoms with Gasteiger partial charge in [0, 0.05) is 16.2 Å². The van der Waals surface area contributed by atoms with Crippen LogP contribution < -0.4 is 10.3 Å². The molecule has 0 fully saturated rings. The second kappa shape index (κ2) is 8.73. The number of halogens is 1. The van der Waals surface area contributed by atoms with E-state index < -0.39 is 0 Å². The van der Waals surface area contributed by atoms with E-state index in [0.29, 0.717) is 33.6 Å². The Bertz CT molecular complexity index is 1490. The summed E-state index contributed by atoms with van der Waals surface area (Å²) in [7, 11) is 1.62. The number of furan rings is 1. The molecule has 2 aromatic heterocycles. The van der Waals surface area contributed by atoms with Crippen LogP contribution in [-0.4, -0.2) is 16.7 Å². The number of hydrogen-bond donors (Lipinski definition) is 0. The SMILES string of the molecule is COc1cccc(Cn2c(SCc3cccc(Cl)c3)nc3c(oc4ccccc43)c2=O)c1. The van der Waals surface area contributed by atoms with Crippen molar-refractivity contribution in [2.45, 2.75) is 17.5 Å². The normalized spacial score (nSPS) is 11.3. The van der Waals surface area contributed by atoms with Gasteiger partial charge in [-0.15, -0.1) is 0 Å². The molecule has 2 heterocycles. The minimum absolute atomic E-state index is 0.206. The summed E-state index contributed by atoms with van der Waals surface area (Å²) in [5.41, 5.74) is 3.29. The van der Waals surface area contributed by atoms with Crippen LogP contribution in [0.25, 0.3) is 22.1 Å². The Morgan fingerprint density at radius 3 is 2.69 bits per heavy atom. The summed E-state index contributed by atoms with van der Waals surface area (Å²) in [6.45, 7) is 0.355. The highest BCUT2D eigenvalue weighted by molar-refractivity contribution is 7.98. The largest absolute Gasteiger partial charge is 0.497 e. The van der Waals surface area contributed by atoms with Crippen LogP contribution in [-0.2, 0) is 12.3 Å². The Balaban J connectivity index is 1.63. The van der Waals surface area contributed by atoms with Gasteiger partial charge in [0.2, 0.25) is 5.58 Å². The quantitative estimate of drug-likeness (QED) is 0.224. The lowest BCUT2D eigenvalue weighted by atomic mass is 10.2. The van der Waals surface area contributed by atoms with E-state index in [0.717, 1.165) is 22.3 Å². The minimum atomic E-state index is -0.206. The number of benzene rings is 3. The molecule has 0 aliphatic heterocycles. The zero-order chi connectivity index (χ0) is 22.1. The lowest BCUT2D eigenvalue weighted by molar-refractivity contribution is 0.414. The highest BCUT2D eigenvalue weighted by Gasteiger charge is 2.18. The molecule has 0 aliphatic carbocycles. The second-order valence-corrected chi connectivity index (χ2v) is 8.71. The fourth-order valence-electron chi connectivity index (χ4n) is 3.63. The van der Waals surface area contributed by atoms with E-state index in [1.807, 2.05) is 72.8 Å². The number of rotatable bonds is 6. The number of para-hydroxylation sites is 1. The Morgan fingerprint density at radius 1 is 1.03 bits per heavy atom. The third-order valence-corrected chi connectivity index (χ3v) is 6.46. The summed E-state index contributed by atoms with van der Waals surface area (Å²) in [5, 5.41) is 2.13. The van der Waals surface area contributed by atoms with E-state index in [1.54, 1.807) is 11.7 Å². The maximum atomic E-state index is 13.5. The maximum Gasteiger partial charge on any atom is 0.298 e. The minimum Gasteiger partial charge on any atom is -0.497 e. The van der Waals surface area contributed by atoms with Gasteiger partial charge >= 0.3 is 0 Å². The Kier molecular flexibility index (Phi) is 5.64. The number of hydrogen-bond acceptors (Lipinski definition) is 5. The van der Waals surface area contributed by atoms with Gasteiger partial charge in [-0.05, 0) is 47.5 Å². The van der Waals surface area contributed by atoms with Gasteiger partial charge in [0.05, 0.1) is 13.7 Å². The summed E-state index contributed by atoms with van der Waals surface area (Å²) >= 11 is 7.64. The van der Waals surface area contributed by atoms with Crippen molar-refractivity contribution in [1.82, 2.24) is 9.55 Å². The molecule has 160 valence electrons. The first-order valence-electron chi connectivity index (χ1n) is 10.0. The molecule has 5 nitrogen and oxygen atoms in total. The molecule has 0 bridgehead atoms. The van der Waals surface area contributed by atoms with Gasteiger partial charge in [0.15, 0.2) is 5.16 Å². The molecule has 0 saturated heterocycles. The summed E-state index contributed by atoms with van der Waals surface area (Å²) < 4.78 is 12.9. The summed E-state index contributed by atoms with van der Waals surface area (Å²) in [6.07, 6.45) is 0. The number of aromatic nitrogens is 2. The smallest absolute Gasteiger partial charge is 0.298 e. The van der Waals surface area contributed by atoms with Gasteiger partial charge < -0.3 is 9.15 Å². The molecule has 0 atom stereocenters. The van der Waals surface area contributed by atoms with Crippen molar-refractivity contribution in [2.24, 2.45) is 0 Å². The van der Waals surface area contributed by atoms with Crippen LogP contribution in [0.3, 0.4) is 0 Å². The second-order valence-electron chi connectivity index (χ2n) is 7.33. The molecular formula is C25H19ClN2O3S. The van der Waals surface area contributed by atoms with Crippen molar-refractivity contribution in [1.29, 1.82) is 0 Å². The molecule has 0 spiro atoms. The molecule has 0 aliphatic rings. The molecule has 3 aromatic carbocycles. The van der Waals surface area contributed by atoms with Crippen molar-refractivity contribution in [2.75, 3.05) is 7.11 Å². The fourth-order valence-corrected chi connectivity index (χ4v) is 4.78. The third kappa shape index (κ3) is 3.99. The Labute approximate surface area is 193 Å². The van der Waals surface area contributed by atoms with Gasteiger partial charge in [-0.1, -0.05) is 59.8 Å². The fraction of sp³-hybridized carbons (Fsp3) is 0.120. The third-order valence-electron chi connectivity index (χ3n) is 5.18. The molecule has 0 saturated carbocycles. The first kappa shape index (κ1) is 20.7. The highest BCUT2D eigenvalue weighted by Crippen LogP contribution is 2.29. The molecule has 0 radical (unpaired) electrons. The van der Waals surface area contributed by atoms with Crippen molar-refractivity contribution >= 4 is 45.4 Å². The zero-order valence-corrected chi connectivity index (χ0v) is 18.8. The van der Waals surface area contributed by atoms with Gasteiger partial charge in [-0.2, -0.15) is 0 Å². The molecule has 5 aromatic rings. The van der Waals surface area contributed by atoms with E-state index in [-0.39, 0.29) is 11.1 Å². The lowest BCUT2D eigenvalue weighted by Crippen LogP contribution is -2.23. The average molecular weight is 463 g/mol. The molecule has 0 unspecified atom stereocenters. The van der Waals surface area contributed by atoms with E-state index in [2.05, 4.69) is 0 Å². The first-order valence-corrected chi connectivity index (χ1v) is 11.4. The lowest BCUT2D eigenvalue weighted by Gasteiger charge is -2.12. The number of ether oxygens (including phenoxy) is 1. The number of fused-ring (bicyclic) bond motifs is 3. The number of thioether (sulfide) groups is 1. The zero-order valence-electron chi connectivity index (χ0n) is 17.2. The number of nitrogens with zero attached hydrogens (tertiary/aromatic N) is 2. The van der Waals surface area contributed by atoms with E-state index in [1.165, 1.54) is 11.8 Å². The van der Waals surface area contributed by atoms with Gasteiger partial charge in [0.25, 0.3) is 5.56 Å². The van der Waals surface area contributed by atoms with Gasteiger partial charge in [-0.25, -0.2) is 4.98 Å². The Hall–Kier alpha value is -3.22. The van der Waals surface area contributed by atoms with E-state index in [4.69, 9.17) is 25.7 Å². The number of methoxy groups -OCH3 is 1. The average Bonchev–Trinajstić information content (AvgIpc) is 3.19. The van der Waals surface area contributed by atoms with Crippen molar-refractivity contribution < 1.29 is 9.15 Å². The topological polar surface area (TPSA) is 57.3 Å². The summed E-state index contributed by atoms with van der Waals surface area (Å²) in [5.74, 6) is 1.37. The van der Waals surface area contributed by atoms with Crippen LogP contribution in [0.2, 0.25) is 5.02 Å². The predicted molar refractivity (Wildman–Crippen MR) is 129 cm³/mol. The van der Waals surface area contributed by atoms with Crippen LogP contribution in [0, 0.1) is 0 Å². The monoisotopic (exact) mass is 462 g/mol. The molecular weight excluding hydrogens is 444 g/mol. The highest BCUT2D eigenvalue weighted by atomic mass is 35.5. The molecule has 0 N–H and O–H groups in total. The molecule has 5 rings (SSSR count). The van der Waals surface area contributed by atoms with Gasteiger partial charge in [-0.3, -0.25) is 9.36 Å². The summed E-state index contributed by atoms with van der Waals surface area (Å²) in [6, 6.07) is 22.9. The Morgan fingerprint density at radius 2 is 1.84 bits per heavy atom. The van der Waals surface area contributed by atoms with Crippen LogP contribution in [0.15, 0.2) is 87.2 Å². The molecule has 32 heavy (non-hydrogen) atoms. The standard InChI is InChI=1S/C25H19ClN2O3S/c1-30-19-9-5-6-16(13-19)14-28-24(29)23-22(20-10-2-3-11-21(20)31-23)27-25(28)32-15-17-7-4-8-18(26)12-17/h2-13H,14-15H2,1H3. The summed E-state index contributed by atoms with van der Waals surface area (Å²) in [4.78, 5) is 18.4. The first-order chi connectivity index (χ1) is 15.6. The maximum absolute atomic E-state index is 13.5. The van der Waals surface area contributed by atoms with E-state index >= 15 is 0 Å². The molecule has 0 amide bonds. The van der Waals surface area contributed by atoms with Crippen LogP contribution in [0.1, 0.15) is 11.1 Å². The van der Waals surface area contributed by atoms with Crippen molar-refractivity contribution in [3.05, 3.63) is 99.3 Å². The molecule has 7 heteroatoms. The van der Waals surface area contributed by atoms with E-state index in [9.17, 15) is 4.79 Å².